The van der Waals surface area contributed by atoms with Crippen molar-refractivity contribution in [3.8, 4) is 0 Å². The van der Waals surface area contributed by atoms with E-state index in [-0.39, 0.29) is 18.9 Å². The van der Waals surface area contributed by atoms with Gasteiger partial charge in [-0.05, 0) is 23.3 Å². The first-order valence-corrected chi connectivity index (χ1v) is 8.24. The Balaban J connectivity index is 1.83. The van der Waals surface area contributed by atoms with Crippen molar-refractivity contribution < 1.29 is 23.5 Å². The summed E-state index contributed by atoms with van der Waals surface area (Å²) < 4.78 is 18.5. The second-order valence-electron chi connectivity index (χ2n) is 6.22. The van der Waals surface area contributed by atoms with Gasteiger partial charge < -0.3 is 4.74 Å². The second kappa shape index (κ2) is 7.47. The SMILES string of the molecule is CN1C(=O)CC(c2ccc(F)cc2)C(C(=O)OCc2ccccc2)C1=O. The van der Waals surface area contributed by atoms with Crippen LogP contribution in [-0.2, 0) is 25.7 Å². The molecule has 0 spiro atoms. The maximum Gasteiger partial charge on any atom is 0.319 e. The van der Waals surface area contributed by atoms with Gasteiger partial charge in [0.1, 0.15) is 18.3 Å². The van der Waals surface area contributed by atoms with Crippen LogP contribution in [0.15, 0.2) is 54.6 Å². The number of carbonyl (C=O) groups is 3. The number of piperidine rings is 1. The average Bonchev–Trinajstić information content (AvgIpc) is 2.65. The van der Waals surface area contributed by atoms with Crippen molar-refractivity contribution in [2.45, 2.75) is 18.9 Å². The van der Waals surface area contributed by atoms with Crippen molar-refractivity contribution in [2.24, 2.45) is 5.92 Å². The van der Waals surface area contributed by atoms with Crippen molar-refractivity contribution in [2.75, 3.05) is 7.05 Å². The molecule has 0 bridgehead atoms. The number of esters is 1. The monoisotopic (exact) mass is 355 g/mol. The van der Waals surface area contributed by atoms with Crippen molar-refractivity contribution in [3.63, 3.8) is 0 Å². The highest BCUT2D eigenvalue weighted by Gasteiger charge is 2.45. The maximum absolute atomic E-state index is 13.2. The Morgan fingerprint density at radius 3 is 2.42 bits per heavy atom. The summed E-state index contributed by atoms with van der Waals surface area (Å²) in [6.07, 6.45) is -0.0149. The van der Waals surface area contributed by atoms with E-state index in [4.69, 9.17) is 4.74 Å². The number of amides is 2. The van der Waals surface area contributed by atoms with Gasteiger partial charge in [0, 0.05) is 19.4 Å². The third kappa shape index (κ3) is 3.64. The largest absolute Gasteiger partial charge is 0.460 e. The van der Waals surface area contributed by atoms with E-state index in [1.165, 1.54) is 31.3 Å². The smallest absolute Gasteiger partial charge is 0.319 e. The number of ether oxygens (including phenoxy) is 1. The van der Waals surface area contributed by atoms with Crippen LogP contribution < -0.4 is 0 Å². The third-order valence-corrected chi connectivity index (χ3v) is 4.54. The summed E-state index contributed by atoms with van der Waals surface area (Å²) >= 11 is 0. The number of imide groups is 1. The van der Waals surface area contributed by atoms with Gasteiger partial charge in [-0.2, -0.15) is 0 Å². The van der Waals surface area contributed by atoms with E-state index >= 15 is 0 Å². The fourth-order valence-corrected chi connectivity index (χ4v) is 3.05. The van der Waals surface area contributed by atoms with Crippen LogP contribution in [0, 0.1) is 11.7 Å². The number of likely N-dealkylation sites (tertiary alicyclic amines) is 1. The zero-order valence-corrected chi connectivity index (χ0v) is 14.2. The minimum Gasteiger partial charge on any atom is -0.460 e. The lowest BCUT2D eigenvalue weighted by Crippen LogP contribution is -2.49. The fraction of sp³-hybridized carbons (Fsp3) is 0.250. The molecule has 1 fully saturated rings. The van der Waals surface area contributed by atoms with E-state index in [9.17, 15) is 18.8 Å². The number of carbonyl (C=O) groups excluding carboxylic acids is 3. The molecule has 134 valence electrons. The van der Waals surface area contributed by atoms with Crippen molar-refractivity contribution in [1.29, 1.82) is 0 Å². The van der Waals surface area contributed by atoms with Crippen LogP contribution in [0.3, 0.4) is 0 Å². The number of nitrogens with zero attached hydrogens (tertiary/aromatic N) is 1. The number of halogens is 1. The quantitative estimate of drug-likeness (QED) is 0.481. The molecule has 2 aromatic carbocycles. The van der Waals surface area contributed by atoms with Gasteiger partial charge in [0.05, 0.1) is 0 Å². The fourth-order valence-electron chi connectivity index (χ4n) is 3.05. The van der Waals surface area contributed by atoms with Gasteiger partial charge in [-0.15, -0.1) is 0 Å². The third-order valence-electron chi connectivity index (χ3n) is 4.54. The van der Waals surface area contributed by atoms with Crippen LogP contribution in [-0.4, -0.2) is 29.7 Å². The molecule has 6 heteroatoms. The standard InChI is InChI=1S/C20H18FNO4/c1-22-17(23)11-16(14-7-9-15(21)10-8-14)18(19(22)24)20(25)26-12-13-5-3-2-4-6-13/h2-10,16,18H,11-12H2,1H3. The molecule has 26 heavy (non-hydrogen) atoms. The molecular weight excluding hydrogens is 337 g/mol. The molecule has 5 nitrogen and oxygen atoms in total. The summed E-state index contributed by atoms with van der Waals surface area (Å²) in [5.41, 5.74) is 1.36. The topological polar surface area (TPSA) is 63.7 Å². The minimum absolute atomic E-state index is 0.0149. The van der Waals surface area contributed by atoms with E-state index < -0.39 is 29.5 Å². The van der Waals surface area contributed by atoms with Crippen molar-refractivity contribution in [1.82, 2.24) is 4.90 Å². The Morgan fingerprint density at radius 1 is 1.12 bits per heavy atom. The zero-order valence-electron chi connectivity index (χ0n) is 14.2. The Hall–Kier alpha value is -3.02. The summed E-state index contributed by atoms with van der Waals surface area (Å²) in [5, 5.41) is 0. The van der Waals surface area contributed by atoms with Gasteiger partial charge in [0.15, 0.2) is 0 Å². The van der Waals surface area contributed by atoms with E-state index in [0.29, 0.717) is 5.56 Å². The van der Waals surface area contributed by atoms with Crippen molar-refractivity contribution >= 4 is 17.8 Å². The molecule has 2 unspecified atom stereocenters. The van der Waals surface area contributed by atoms with E-state index in [2.05, 4.69) is 0 Å². The zero-order chi connectivity index (χ0) is 18.7. The van der Waals surface area contributed by atoms with Gasteiger partial charge in [-0.3, -0.25) is 19.3 Å². The summed E-state index contributed by atoms with van der Waals surface area (Å²) in [4.78, 5) is 38.2. The highest BCUT2D eigenvalue weighted by molar-refractivity contribution is 6.08. The van der Waals surface area contributed by atoms with E-state index in [0.717, 1.165) is 10.5 Å². The number of benzene rings is 2. The van der Waals surface area contributed by atoms with Crippen LogP contribution in [0.5, 0.6) is 0 Å². The van der Waals surface area contributed by atoms with Crippen molar-refractivity contribution in [3.05, 3.63) is 71.5 Å². The summed E-state index contributed by atoms with van der Waals surface area (Å²) in [6.45, 7) is 0.0389. The lowest BCUT2D eigenvalue weighted by atomic mass is 9.79. The number of rotatable bonds is 4. The summed E-state index contributed by atoms with van der Waals surface area (Å²) in [5.74, 6) is -3.90. The highest BCUT2D eigenvalue weighted by Crippen LogP contribution is 2.35. The van der Waals surface area contributed by atoms with Gasteiger partial charge in [-0.25, -0.2) is 4.39 Å². The van der Waals surface area contributed by atoms with Crippen LogP contribution in [0.4, 0.5) is 4.39 Å². The number of hydrogen-bond acceptors (Lipinski definition) is 4. The predicted octanol–water partition coefficient (Wildman–Crippen LogP) is 2.66. The molecule has 3 rings (SSSR count). The molecule has 0 N–H and O–H groups in total. The molecule has 1 heterocycles. The molecule has 0 aliphatic carbocycles. The van der Waals surface area contributed by atoms with Gasteiger partial charge in [0.2, 0.25) is 11.8 Å². The molecular formula is C20H18FNO4. The first-order chi connectivity index (χ1) is 12.5. The molecule has 1 aliphatic rings. The highest BCUT2D eigenvalue weighted by atomic mass is 19.1. The Kier molecular flexibility index (Phi) is 5.11. The van der Waals surface area contributed by atoms with Crippen LogP contribution in [0.1, 0.15) is 23.5 Å². The molecule has 1 aliphatic heterocycles. The molecule has 0 radical (unpaired) electrons. The van der Waals surface area contributed by atoms with Gasteiger partial charge >= 0.3 is 5.97 Å². The molecule has 0 saturated carbocycles. The Labute approximate surface area is 150 Å². The van der Waals surface area contributed by atoms with Gasteiger partial charge in [-0.1, -0.05) is 42.5 Å². The predicted molar refractivity (Wildman–Crippen MR) is 91.3 cm³/mol. The lowest BCUT2D eigenvalue weighted by molar-refractivity contribution is -0.163. The normalized spacial score (nSPS) is 20.2. The van der Waals surface area contributed by atoms with E-state index in [1.807, 2.05) is 30.3 Å². The number of hydrogen-bond donors (Lipinski definition) is 0. The lowest BCUT2D eigenvalue weighted by Gasteiger charge is -2.33. The molecule has 1 saturated heterocycles. The summed E-state index contributed by atoms with van der Waals surface area (Å²) in [7, 11) is 1.35. The minimum atomic E-state index is -1.13. The second-order valence-corrected chi connectivity index (χ2v) is 6.22. The molecule has 2 amide bonds. The average molecular weight is 355 g/mol. The maximum atomic E-state index is 13.2. The van der Waals surface area contributed by atoms with Crippen LogP contribution >= 0.6 is 0 Å². The summed E-state index contributed by atoms with van der Waals surface area (Å²) in [6, 6.07) is 14.6. The van der Waals surface area contributed by atoms with Gasteiger partial charge in [0.25, 0.3) is 0 Å². The first kappa shape index (κ1) is 17.8. The van der Waals surface area contributed by atoms with E-state index in [1.54, 1.807) is 0 Å². The Morgan fingerprint density at radius 2 is 1.77 bits per heavy atom. The molecule has 2 aromatic rings. The molecule has 2 atom stereocenters. The first-order valence-electron chi connectivity index (χ1n) is 8.24. The Bertz CT molecular complexity index is 819. The van der Waals surface area contributed by atoms with Crippen LogP contribution in [0.25, 0.3) is 0 Å². The molecule has 0 aromatic heterocycles. The van der Waals surface area contributed by atoms with Crippen LogP contribution in [0.2, 0.25) is 0 Å².